The van der Waals surface area contributed by atoms with Gasteiger partial charge in [-0.05, 0) is 17.9 Å². The molecule has 0 aliphatic heterocycles. The summed E-state index contributed by atoms with van der Waals surface area (Å²) in [4.78, 5) is 0. The van der Waals surface area contributed by atoms with Crippen LogP contribution in [0.5, 0.6) is 0 Å². The molecule has 2 N–H and O–H groups in total. The van der Waals surface area contributed by atoms with Crippen LogP contribution in [0, 0.1) is 11.3 Å². The third-order valence-corrected chi connectivity index (χ3v) is 4.66. The summed E-state index contributed by atoms with van der Waals surface area (Å²) in [6, 6.07) is 11.1. The maximum absolute atomic E-state index is 9.58. The minimum absolute atomic E-state index is 0.0287. The summed E-state index contributed by atoms with van der Waals surface area (Å²) >= 11 is 0. The first-order chi connectivity index (χ1) is 9.60. The second-order valence-corrected chi connectivity index (χ2v) is 6.17. The van der Waals surface area contributed by atoms with Gasteiger partial charge in [-0.2, -0.15) is 0 Å². The predicted octanol–water partition coefficient (Wildman–Crippen LogP) is 4.16. The van der Waals surface area contributed by atoms with Crippen LogP contribution in [-0.2, 0) is 0 Å². The van der Waals surface area contributed by atoms with Crippen molar-refractivity contribution in [3.05, 3.63) is 35.9 Å². The van der Waals surface area contributed by atoms with Crippen LogP contribution in [0.25, 0.3) is 0 Å². The maximum atomic E-state index is 9.58. The van der Waals surface area contributed by atoms with Gasteiger partial charge in [0.05, 0.1) is 0 Å². The molecule has 114 valence electrons. The van der Waals surface area contributed by atoms with Gasteiger partial charge < -0.3 is 10.4 Å². The Morgan fingerprint density at radius 3 is 2.15 bits per heavy atom. The summed E-state index contributed by atoms with van der Waals surface area (Å²) in [6.07, 6.45) is 3.33. The summed E-state index contributed by atoms with van der Waals surface area (Å²) in [6.45, 7) is 9.91. The van der Waals surface area contributed by atoms with Crippen molar-refractivity contribution >= 4 is 0 Å². The molecule has 0 aromatic heterocycles. The van der Waals surface area contributed by atoms with Crippen LogP contribution >= 0.6 is 0 Å². The van der Waals surface area contributed by atoms with Crippen molar-refractivity contribution in [1.82, 2.24) is 5.32 Å². The molecule has 20 heavy (non-hydrogen) atoms. The molecule has 2 unspecified atom stereocenters. The van der Waals surface area contributed by atoms with Crippen molar-refractivity contribution in [3.63, 3.8) is 0 Å². The van der Waals surface area contributed by atoms with Gasteiger partial charge in [0.2, 0.25) is 0 Å². The molecule has 1 aromatic rings. The Balaban J connectivity index is 2.84. The first kappa shape index (κ1) is 17.2. The van der Waals surface area contributed by atoms with Gasteiger partial charge in [0, 0.05) is 24.6 Å². The monoisotopic (exact) mass is 277 g/mol. The van der Waals surface area contributed by atoms with E-state index in [4.69, 9.17) is 0 Å². The van der Waals surface area contributed by atoms with Crippen LogP contribution in [0.2, 0.25) is 0 Å². The molecule has 1 rings (SSSR count). The molecule has 0 radical (unpaired) electrons. The van der Waals surface area contributed by atoms with E-state index < -0.39 is 0 Å². The van der Waals surface area contributed by atoms with E-state index >= 15 is 0 Å². The molecule has 0 spiro atoms. The lowest BCUT2D eigenvalue weighted by atomic mass is 9.85. The molecule has 0 fully saturated rings. The minimum Gasteiger partial charge on any atom is -0.396 e. The van der Waals surface area contributed by atoms with E-state index in [1.54, 1.807) is 0 Å². The average Bonchev–Trinajstić information content (AvgIpc) is 2.52. The van der Waals surface area contributed by atoms with Crippen molar-refractivity contribution in [2.24, 2.45) is 11.3 Å². The van der Waals surface area contributed by atoms with E-state index in [0.717, 1.165) is 13.0 Å². The normalized spacial score (nSPS) is 16.1. The average molecular weight is 277 g/mol. The van der Waals surface area contributed by atoms with E-state index in [9.17, 15) is 5.11 Å². The molecule has 2 atom stereocenters. The third kappa shape index (κ3) is 4.60. The highest BCUT2D eigenvalue weighted by atomic mass is 16.3. The number of aliphatic hydroxyl groups excluding tert-OH is 1. The fourth-order valence-corrected chi connectivity index (χ4v) is 2.63. The summed E-state index contributed by atoms with van der Waals surface area (Å²) in [7, 11) is 0. The molecular formula is C18H31NO. The molecule has 0 amide bonds. The number of hydrogen-bond acceptors (Lipinski definition) is 2. The molecule has 1 aromatic carbocycles. The summed E-state index contributed by atoms with van der Waals surface area (Å²) in [5.74, 6) is 0.636. The molecular weight excluding hydrogens is 246 g/mol. The van der Waals surface area contributed by atoms with Gasteiger partial charge in [-0.15, -0.1) is 0 Å². The highest BCUT2D eigenvalue weighted by Gasteiger charge is 2.25. The van der Waals surface area contributed by atoms with Crippen molar-refractivity contribution in [1.29, 1.82) is 0 Å². The van der Waals surface area contributed by atoms with Crippen LogP contribution in [0.4, 0.5) is 0 Å². The van der Waals surface area contributed by atoms with Crippen LogP contribution in [0.3, 0.4) is 0 Å². The second kappa shape index (κ2) is 8.43. The summed E-state index contributed by atoms with van der Waals surface area (Å²) in [5.41, 5.74) is 1.33. The van der Waals surface area contributed by atoms with E-state index in [1.165, 1.54) is 18.4 Å². The lowest BCUT2D eigenvalue weighted by Crippen LogP contribution is -2.38. The van der Waals surface area contributed by atoms with Crippen molar-refractivity contribution in [2.45, 2.75) is 53.0 Å². The molecule has 0 saturated heterocycles. The number of aliphatic hydroxyl groups is 1. The standard InChI is InChI=1S/C18H31NO/c1-5-15(6-2)17(16-11-9-8-10-12-16)19-13-18(4,7-3)14-20/h8-12,15,17,19-20H,5-7,13-14H2,1-4H3. The van der Waals surface area contributed by atoms with E-state index in [2.05, 4.69) is 63.3 Å². The molecule has 0 bridgehead atoms. The summed E-state index contributed by atoms with van der Waals surface area (Å²) < 4.78 is 0. The molecule has 2 heteroatoms. The van der Waals surface area contributed by atoms with E-state index in [0.29, 0.717) is 12.0 Å². The molecule has 0 saturated carbocycles. The number of nitrogens with one attached hydrogen (secondary N) is 1. The SMILES string of the molecule is CCC(CC)C(NCC(C)(CC)CO)c1ccccc1. The Hall–Kier alpha value is -0.860. The quantitative estimate of drug-likeness (QED) is 0.710. The first-order valence-corrected chi connectivity index (χ1v) is 7.99. The van der Waals surface area contributed by atoms with Crippen molar-refractivity contribution in [2.75, 3.05) is 13.2 Å². The second-order valence-electron chi connectivity index (χ2n) is 6.17. The number of rotatable bonds is 9. The Kier molecular flexibility index (Phi) is 7.25. The van der Waals surface area contributed by atoms with Gasteiger partial charge in [-0.3, -0.25) is 0 Å². The van der Waals surface area contributed by atoms with E-state index in [1.807, 2.05) is 0 Å². The summed E-state index contributed by atoms with van der Waals surface area (Å²) in [5, 5.41) is 13.3. The van der Waals surface area contributed by atoms with Crippen LogP contribution in [-0.4, -0.2) is 18.3 Å². The van der Waals surface area contributed by atoms with Gasteiger partial charge >= 0.3 is 0 Å². The Labute approximate surface area is 124 Å². The molecule has 0 heterocycles. The first-order valence-electron chi connectivity index (χ1n) is 7.99. The van der Waals surface area contributed by atoms with Gasteiger partial charge in [0.1, 0.15) is 0 Å². The minimum atomic E-state index is -0.0287. The fraction of sp³-hybridized carbons (Fsp3) is 0.667. The maximum Gasteiger partial charge on any atom is 0.0496 e. The number of benzene rings is 1. The number of hydrogen-bond donors (Lipinski definition) is 2. The Morgan fingerprint density at radius 2 is 1.70 bits per heavy atom. The zero-order valence-corrected chi connectivity index (χ0v) is 13.5. The lowest BCUT2D eigenvalue weighted by Gasteiger charge is -2.33. The van der Waals surface area contributed by atoms with Gasteiger partial charge in [0.15, 0.2) is 0 Å². The third-order valence-electron chi connectivity index (χ3n) is 4.66. The van der Waals surface area contributed by atoms with Crippen LogP contribution in [0.1, 0.15) is 58.6 Å². The zero-order valence-electron chi connectivity index (χ0n) is 13.5. The highest BCUT2D eigenvalue weighted by Crippen LogP contribution is 2.29. The molecule has 0 aliphatic carbocycles. The Bertz CT molecular complexity index is 355. The smallest absolute Gasteiger partial charge is 0.0496 e. The topological polar surface area (TPSA) is 32.3 Å². The van der Waals surface area contributed by atoms with Crippen LogP contribution in [0.15, 0.2) is 30.3 Å². The van der Waals surface area contributed by atoms with Gasteiger partial charge in [0.25, 0.3) is 0 Å². The zero-order chi connectivity index (χ0) is 15.0. The van der Waals surface area contributed by atoms with Crippen molar-refractivity contribution < 1.29 is 5.11 Å². The van der Waals surface area contributed by atoms with Gasteiger partial charge in [-0.1, -0.05) is 70.9 Å². The van der Waals surface area contributed by atoms with Crippen molar-refractivity contribution in [3.8, 4) is 0 Å². The van der Waals surface area contributed by atoms with Crippen LogP contribution < -0.4 is 5.32 Å². The van der Waals surface area contributed by atoms with E-state index in [-0.39, 0.29) is 12.0 Å². The fourth-order valence-electron chi connectivity index (χ4n) is 2.63. The lowest BCUT2D eigenvalue weighted by molar-refractivity contribution is 0.127. The highest BCUT2D eigenvalue weighted by molar-refractivity contribution is 5.19. The Morgan fingerprint density at radius 1 is 1.10 bits per heavy atom. The van der Waals surface area contributed by atoms with Gasteiger partial charge in [-0.25, -0.2) is 0 Å². The molecule has 0 aliphatic rings. The molecule has 2 nitrogen and oxygen atoms in total. The largest absolute Gasteiger partial charge is 0.396 e. The predicted molar refractivity (Wildman–Crippen MR) is 86.7 cm³/mol.